The van der Waals surface area contributed by atoms with Gasteiger partial charge in [0.05, 0.1) is 0 Å². The minimum atomic E-state index is -0.0287. The molecule has 0 aliphatic carbocycles. The molecule has 0 saturated heterocycles. The molecule has 0 fully saturated rings. The molecule has 0 unspecified atom stereocenters. The number of aromatic amines is 1. The van der Waals surface area contributed by atoms with Gasteiger partial charge in [0, 0.05) is 37.3 Å². The van der Waals surface area contributed by atoms with Gasteiger partial charge in [0.2, 0.25) is 11.6 Å². The Labute approximate surface area is 180 Å². The second kappa shape index (κ2) is 9.38. The van der Waals surface area contributed by atoms with Crippen molar-refractivity contribution in [1.29, 1.82) is 0 Å². The first-order valence-electron chi connectivity index (χ1n) is 10.4. The molecular weight excluding hydrogens is 392 g/mol. The van der Waals surface area contributed by atoms with E-state index in [-0.39, 0.29) is 5.78 Å². The van der Waals surface area contributed by atoms with E-state index >= 15 is 0 Å². The lowest BCUT2D eigenvalue weighted by atomic mass is 9.99. The number of hydrogen-bond donors (Lipinski definition) is 1. The number of nitrogens with one attached hydrogen (secondary N) is 1. The molecule has 0 aliphatic heterocycles. The average molecular weight is 416 g/mol. The summed E-state index contributed by atoms with van der Waals surface area (Å²) >= 11 is 0. The van der Waals surface area contributed by atoms with Crippen LogP contribution < -0.4 is 0 Å². The molecule has 0 amide bonds. The zero-order chi connectivity index (χ0) is 21.6. The van der Waals surface area contributed by atoms with Gasteiger partial charge in [-0.25, -0.2) is 14.8 Å². The van der Waals surface area contributed by atoms with E-state index in [0.717, 1.165) is 47.5 Å². The van der Waals surface area contributed by atoms with Gasteiger partial charge < -0.3 is 0 Å². The Morgan fingerprint density at radius 2 is 1.94 bits per heavy atom. The monoisotopic (exact) mass is 416 g/mol. The van der Waals surface area contributed by atoms with Gasteiger partial charge in [0.25, 0.3) is 0 Å². The van der Waals surface area contributed by atoms with Gasteiger partial charge in [0.15, 0.2) is 5.82 Å². The minimum Gasteiger partial charge on any atom is -0.291 e. The number of ketones is 1. The molecule has 3 aromatic heterocycles. The summed E-state index contributed by atoms with van der Waals surface area (Å²) in [4.78, 5) is 20.8. The van der Waals surface area contributed by atoms with Crippen LogP contribution in [-0.2, 0) is 13.0 Å². The molecule has 0 bridgehead atoms. The van der Waals surface area contributed by atoms with Gasteiger partial charge in [-0.3, -0.25) is 9.78 Å². The van der Waals surface area contributed by atoms with E-state index < -0.39 is 0 Å². The molecule has 1 aromatic carbocycles. The number of Topliss-reactive ketones (excluding diaryl/α,β-unsaturated/α-hetero) is 1. The van der Waals surface area contributed by atoms with E-state index in [0.29, 0.717) is 24.5 Å². The molecule has 0 radical (unpaired) electrons. The van der Waals surface area contributed by atoms with Gasteiger partial charge >= 0.3 is 0 Å². The van der Waals surface area contributed by atoms with Crippen molar-refractivity contribution in [3.8, 4) is 22.5 Å². The smallest absolute Gasteiger partial charge is 0.217 e. The fraction of sp³-hybridized carbons (Fsp3) is 0.318. The average Bonchev–Trinajstić information content (AvgIpc) is 3.48. The maximum atomic E-state index is 12.1. The molecule has 0 atom stereocenters. The Kier molecular flexibility index (Phi) is 6.21. The van der Waals surface area contributed by atoms with Gasteiger partial charge in [-0.05, 0) is 39.6 Å². The lowest BCUT2D eigenvalue weighted by Gasteiger charge is -2.08. The third-order valence-corrected chi connectivity index (χ3v) is 5.09. The molecule has 158 valence electrons. The van der Waals surface area contributed by atoms with Crippen molar-refractivity contribution in [2.45, 2.75) is 46.1 Å². The Hall–Kier alpha value is -3.75. The van der Waals surface area contributed by atoms with E-state index in [1.165, 1.54) is 0 Å². The lowest BCUT2D eigenvalue weighted by molar-refractivity contribution is 0.0978. The van der Waals surface area contributed by atoms with E-state index in [1.807, 2.05) is 17.7 Å². The lowest BCUT2D eigenvalue weighted by Crippen LogP contribution is -2.07. The highest BCUT2D eigenvalue weighted by atomic mass is 16.1. The van der Waals surface area contributed by atoms with Crippen LogP contribution >= 0.6 is 0 Å². The quantitative estimate of drug-likeness (QED) is 0.415. The molecule has 0 saturated carbocycles. The van der Waals surface area contributed by atoms with Crippen LogP contribution in [0.25, 0.3) is 22.5 Å². The van der Waals surface area contributed by atoms with Crippen LogP contribution in [0, 0.1) is 0 Å². The number of rotatable bonds is 9. The summed E-state index contributed by atoms with van der Waals surface area (Å²) in [6.07, 6.45) is 6.56. The number of aromatic nitrogens is 8. The molecule has 9 nitrogen and oxygen atoms in total. The number of benzene rings is 1. The molecule has 3 heterocycles. The van der Waals surface area contributed by atoms with Gasteiger partial charge in [-0.15, -0.1) is 10.2 Å². The summed E-state index contributed by atoms with van der Waals surface area (Å²) in [5.41, 5.74) is 3.96. The number of carbonyl (C=O) groups is 1. The summed E-state index contributed by atoms with van der Waals surface area (Å²) in [6, 6.07) is 10.2. The fourth-order valence-electron chi connectivity index (χ4n) is 3.36. The van der Waals surface area contributed by atoms with Crippen LogP contribution in [0.15, 0.2) is 42.7 Å². The van der Waals surface area contributed by atoms with Crippen molar-refractivity contribution < 1.29 is 4.79 Å². The van der Waals surface area contributed by atoms with E-state index in [9.17, 15) is 4.79 Å². The summed E-state index contributed by atoms with van der Waals surface area (Å²) < 4.78 is 1.87. The van der Waals surface area contributed by atoms with Crippen molar-refractivity contribution in [3.63, 3.8) is 0 Å². The van der Waals surface area contributed by atoms with Crippen LogP contribution in [-0.4, -0.2) is 46.2 Å². The SMILES string of the molecule is CCCCn1nc(C(=O)CC)nc1Cc1ccc(-c2ccncc2-c2nnn[nH]2)cc1. The molecular formula is C22H24N8O. The van der Waals surface area contributed by atoms with E-state index in [2.05, 4.69) is 66.9 Å². The van der Waals surface area contributed by atoms with Crippen LogP contribution in [0.5, 0.6) is 0 Å². The molecule has 4 rings (SSSR count). The number of carbonyl (C=O) groups excluding carboxylic acids is 1. The second-order valence-corrected chi connectivity index (χ2v) is 7.25. The summed E-state index contributed by atoms with van der Waals surface area (Å²) in [5, 5.41) is 18.6. The molecule has 0 aliphatic rings. The van der Waals surface area contributed by atoms with Crippen LogP contribution in [0.1, 0.15) is 55.1 Å². The zero-order valence-electron chi connectivity index (χ0n) is 17.6. The third kappa shape index (κ3) is 4.55. The van der Waals surface area contributed by atoms with Crippen molar-refractivity contribution in [3.05, 3.63) is 59.9 Å². The first kappa shape index (κ1) is 20.5. The van der Waals surface area contributed by atoms with Crippen molar-refractivity contribution >= 4 is 5.78 Å². The van der Waals surface area contributed by atoms with Gasteiger partial charge in [-0.1, -0.05) is 44.5 Å². The fourth-order valence-corrected chi connectivity index (χ4v) is 3.36. The van der Waals surface area contributed by atoms with E-state index in [1.54, 1.807) is 12.4 Å². The predicted octanol–water partition coefficient (Wildman–Crippen LogP) is 3.50. The minimum absolute atomic E-state index is 0.0287. The first-order valence-corrected chi connectivity index (χ1v) is 10.4. The third-order valence-electron chi connectivity index (χ3n) is 5.09. The Bertz CT molecular complexity index is 1150. The number of unbranched alkanes of at least 4 members (excludes halogenated alkanes) is 1. The van der Waals surface area contributed by atoms with Gasteiger partial charge in [0.1, 0.15) is 5.82 Å². The van der Waals surface area contributed by atoms with Crippen LogP contribution in [0.4, 0.5) is 0 Å². The Morgan fingerprint density at radius 3 is 2.65 bits per heavy atom. The zero-order valence-corrected chi connectivity index (χ0v) is 17.6. The highest BCUT2D eigenvalue weighted by Crippen LogP contribution is 2.29. The maximum Gasteiger partial charge on any atom is 0.217 e. The normalized spacial score (nSPS) is 11.0. The topological polar surface area (TPSA) is 115 Å². The molecule has 4 aromatic rings. The Balaban J connectivity index is 1.59. The summed E-state index contributed by atoms with van der Waals surface area (Å²) in [5.74, 6) is 1.67. The Morgan fingerprint density at radius 1 is 1.10 bits per heavy atom. The summed E-state index contributed by atoms with van der Waals surface area (Å²) in [7, 11) is 0. The predicted molar refractivity (Wildman–Crippen MR) is 115 cm³/mol. The number of tetrazole rings is 1. The highest BCUT2D eigenvalue weighted by Gasteiger charge is 2.16. The number of pyridine rings is 1. The molecule has 0 spiro atoms. The summed E-state index contributed by atoms with van der Waals surface area (Å²) in [6.45, 7) is 4.73. The molecule has 9 heteroatoms. The highest BCUT2D eigenvalue weighted by molar-refractivity contribution is 5.92. The number of nitrogens with zero attached hydrogens (tertiary/aromatic N) is 7. The van der Waals surface area contributed by atoms with Gasteiger partial charge in [-0.2, -0.15) is 0 Å². The van der Waals surface area contributed by atoms with Crippen molar-refractivity contribution in [2.24, 2.45) is 0 Å². The maximum absolute atomic E-state index is 12.1. The van der Waals surface area contributed by atoms with Crippen LogP contribution in [0.2, 0.25) is 0 Å². The van der Waals surface area contributed by atoms with Crippen molar-refractivity contribution in [2.75, 3.05) is 0 Å². The second-order valence-electron chi connectivity index (χ2n) is 7.25. The number of H-pyrrole nitrogens is 1. The standard InChI is InChI=1S/C22H24N8O/c1-3-5-12-30-20(24-22(27-30)19(31)4-2)13-15-6-8-16(9-7-15)17-10-11-23-14-18(17)21-25-28-29-26-21/h6-11,14H,3-5,12-13H2,1-2H3,(H,25,26,28,29). The molecule has 1 N–H and O–H groups in total. The first-order chi connectivity index (χ1) is 15.2. The number of hydrogen-bond acceptors (Lipinski definition) is 7. The molecule has 31 heavy (non-hydrogen) atoms. The van der Waals surface area contributed by atoms with Crippen LogP contribution in [0.3, 0.4) is 0 Å². The number of aryl methyl sites for hydroxylation is 1. The largest absolute Gasteiger partial charge is 0.291 e. The van der Waals surface area contributed by atoms with E-state index in [4.69, 9.17) is 0 Å². The van der Waals surface area contributed by atoms with Crippen molar-refractivity contribution in [1.82, 2.24) is 40.4 Å².